The zero-order chi connectivity index (χ0) is 20.2. The van der Waals surface area contributed by atoms with Crippen LogP contribution in [-0.4, -0.2) is 28.9 Å². The highest BCUT2D eigenvalue weighted by molar-refractivity contribution is 7.98. The minimum absolute atomic E-state index is 0.676. The molecule has 4 nitrogen and oxygen atoms in total. The van der Waals surface area contributed by atoms with Crippen LogP contribution in [0.25, 0.3) is 22.2 Å². The van der Waals surface area contributed by atoms with Gasteiger partial charge in [0.1, 0.15) is 0 Å². The number of hydrogen-bond donors (Lipinski definition) is 0. The van der Waals surface area contributed by atoms with Gasteiger partial charge in [-0.15, -0.1) is 16.8 Å². The average molecular weight is 401 g/mol. The maximum absolute atomic E-state index is 4.48. The van der Waals surface area contributed by atoms with Crippen molar-refractivity contribution in [1.82, 2.24) is 14.8 Å². The Bertz CT molecular complexity index is 1120. The number of nitrogens with zero attached hydrogens (tertiary/aromatic N) is 4. The molecule has 0 saturated heterocycles. The molecule has 1 heterocycles. The fourth-order valence-electron chi connectivity index (χ4n) is 3.37. The Kier molecular flexibility index (Phi) is 5.67. The smallest absolute Gasteiger partial charge is 0.192 e. The molecule has 0 fully saturated rings. The van der Waals surface area contributed by atoms with Crippen molar-refractivity contribution in [3.05, 3.63) is 84.9 Å². The van der Waals surface area contributed by atoms with Gasteiger partial charge in [0.15, 0.2) is 11.0 Å². The number of hydrogen-bond acceptors (Lipinski definition) is 4. The molecule has 29 heavy (non-hydrogen) atoms. The summed E-state index contributed by atoms with van der Waals surface area (Å²) in [4.78, 5) is 2.09. The van der Waals surface area contributed by atoms with Gasteiger partial charge in [-0.25, -0.2) is 0 Å². The molecule has 0 aliphatic rings. The Morgan fingerprint density at radius 3 is 2.48 bits per heavy atom. The van der Waals surface area contributed by atoms with Gasteiger partial charge in [0.05, 0.1) is 0 Å². The SMILES string of the molecule is C=CCn1c(SCc2cccc3ccccc23)nnc1-c1ccc(N(C)C)cc1. The molecule has 0 unspecified atom stereocenters. The van der Waals surface area contributed by atoms with Crippen molar-refractivity contribution in [3.8, 4) is 11.4 Å². The lowest BCUT2D eigenvalue weighted by Crippen LogP contribution is -2.08. The fourth-order valence-corrected chi connectivity index (χ4v) is 4.32. The molecule has 4 aromatic rings. The maximum atomic E-state index is 4.48. The number of fused-ring (bicyclic) bond motifs is 1. The highest BCUT2D eigenvalue weighted by Crippen LogP contribution is 2.29. The number of thioether (sulfide) groups is 1. The van der Waals surface area contributed by atoms with Crippen molar-refractivity contribution in [2.75, 3.05) is 19.0 Å². The molecule has 0 amide bonds. The van der Waals surface area contributed by atoms with Gasteiger partial charge < -0.3 is 4.90 Å². The Morgan fingerprint density at radius 2 is 1.72 bits per heavy atom. The molecule has 146 valence electrons. The van der Waals surface area contributed by atoms with Crippen LogP contribution in [-0.2, 0) is 12.3 Å². The van der Waals surface area contributed by atoms with E-state index in [0.717, 1.165) is 28.0 Å². The summed E-state index contributed by atoms with van der Waals surface area (Å²) in [7, 11) is 4.08. The normalized spacial score (nSPS) is 11.0. The van der Waals surface area contributed by atoms with Gasteiger partial charge in [0, 0.05) is 37.6 Å². The zero-order valence-electron chi connectivity index (χ0n) is 16.7. The van der Waals surface area contributed by atoms with Gasteiger partial charge >= 0.3 is 0 Å². The number of allylic oxidation sites excluding steroid dienone is 1. The Hall–Kier alpha value is -3.05. The topological polar surface area (TPSA) is 34.0 Å². The Balaban J connectivity index is 1.62. The van der Waals surface area contributed by atoms with Crippen LogP contribution in [0.15, 0.2) is 84.5 Å². The van der Waals surface area contributed by atoms with Crippen LogP contribution in [0.1, 0.15) is 5.56 Å². The summed E-state index contributed by atoms with van der Waals surface area (Å²) in [6.45, 7) is 4.59. The zero-order valence-corrected chi connectivity index (χ0v) is 17.6. The summed E-state index contributed by atoms with van der Waals surface area (Å²) in [5.74, 6) is 1.71. The predicted molar refractivity (Wildman–Crippen MR) is 123 cm³/mol. The van der Waals surface area contributed by atoms with E-state index in [1.165, 1.54) is 16.3 Å². The molecule has 0 aliphatic heterocycles. The summed E-state index contributed by atoms with van der Waals surface area (Å²) in [5, 5.41) is 12.4. The van der Waals surface area contributed by atoms with E-state index in [0.29, 0.717) is 6.54 Å². The summed E-state index contributed by atoms with van der Waals surface area (Å²) in [6.07, 6.45) is 1.89. The van der Waals surface area contributed by atoms with E-state index in [-0.39, 0.29) is 0 Å². The average Bonchev–Trinajstić information content (AvgIpc) is 3.15. The third-order valence-corrected chi connectivity index (χ3v) is 5.92. The molecule has 0 bridgehead atoms. The number of rotatable bonds is 7. The molecule has 5 heteroatoms. The van der Waals surface area contributed by atoms with Crippen molar-refractivity contribution in [2.45, 2.75) is 17.5 Å². The predicted octanol–water partition coefficient (Wildman–Crippen LogP) is 5.64. The third-order valence-electron chi connectivity index (χ3n) is 4.91. The van der Waals surface area contributed by atoms with Crippen LogP contribution in [0.4, 0.5) is 5.69 Å². The molecule has 4 rings (SSSR count). The van der Waals surface area contributed by atoms with Crippen LogP contribution >= 0.6 is 11.8 Å². The highest BCUT2D eigenvalue weighted by Gasteiger charge is 2.14. The van der Waals surface area contributed by atoms with Crippen molar-refractivity contribution in [3.63, 3.8) is 0 Å². The standard InChI is InChI=1S/C24H24N4S/c1-4-16-28-23(19-12-14-21(15-13-19)27(2)3)25-26-24(28)29-17-20-10-7-9-18-8-5-6-11-22(18)20/h4-15H,1,16-17H2,2-3H3. The van der Waals surface area contributed by atoms with Crippen LogP contribution in [0.3, 0.4) is 0 Å². The van der Waals surface area contributed by atoms with Crippen LogP contribution < -0.4 is 4.90 Å². The summed E-state index contributed by atoms with van der Waals surface area (Å²) in [5.41, 5.74) is 3.52. The molecule has 0 atom stereocenters. The molecule has 0 aliphatic carbocycles. The summed E-state index contributed by atoms with van der Waals surface area (Å²) < 4.78 is 2.13. The first-order valence-electron chi connectivity index (χ1n) is 9.58. The van der Waals surface area contributed by atoms with E-state index in [1.54, 1.807) is 11.8 Å². The second kappa shape index (κ2) is 8.53. The first-order chi connectivity index (χ1) is 14.2. The minimum Gasteiger partial charge on any atom is -0.378 e. The van der Waals surface area contributed by atoms with Gasteiger partial charge in [-0.3, -0.25) is 4.57 Å². The van der Waals surface area contributed by atoms with Gasteiger partial charge in [-0.1, -0.05) is 60.3 Å². The number of aromatic nitrogens is 3. The largest absolute Gasteiger partial charge is 0.378 e. The van der Waals surface area contributed by atoms with Gasteiger partial charge in [-0.2, -0.15) is 0 Å². The molecule has 0 radical (unpaired) electrons. The third kappa shape index (κ3) is 4.05. The number of anilines is 1. The molecular formula is C24H24N4S. The van der Waals surface area contributed by atoms with Crippen molar-refractivity contribution in [2.24, 2.45) is 0 Å². The van der Waals surface area contributed by atoms with E-state index in [9.17, 15) is 0 Å². The number of benzene rings is 3. The van der Waals surface area contributed by atoms with E-state index in [2.05, 4.69) is 93.0 Å². The summed E-state index contributed by atoms with van der Waals surface area (Å²) >= 11 is 1.71. The van der Waals surface area contributed by atoms with Crippen molar-refractivity contribution >= 4 is 28.2 Å². The fraction of sp³-hybridized carbons (Fsp3) is 0.167. The summed E-state index contributed by atoms with van der Waals surface area (Å²) in [6, 6.07) is 23.3. The molecule has 0 saturated carbocycles. The maximum Gasteiger partial charge on any atom is 0.192 e. The lowest BCUT2D eigenvalue weighted by Gasteiger charge is -2.13. The second-order valence-electron chi connectivity index (χ2n) is 7.07. The lowest BCUT2D eigenvalue weighted by molar-refractivity contribution is 0.731. The van der Waals surface area contributed by atoms with E-state index >= 15 is 0 Å². The second-order valence-corrected chi connectivity index (χ2v) is 8.02. The van der Waals surface area contributed by atoms with Crippen molar-refractivity contribution < 1.29 is 0 Å². The van der Waals surface area contributed by atoms with Crippen LogP contribution in [0, 0.1) is 0 Å². The van der Waals surface area contributed by atoms with Crippen molar-refractivity contribution in [1.29, 1.82) is 0 Å². The highest BCUT2D eigenvalue weighted by atomic mass is 32.2. The van der Waals surface area contributed by atoms with E-state index in [1.807, 2.05) is 20.2 Å². The van der Waals surface area contributed by atoms with E-state index < -0.39 is 0 Å². The van der Waals surface area contributed by atoms with Gasteiger partial charge in [-0.05, 0) is 40.6 Å². The van der Waals surface area contributed by atoms with Gasteiger partial charge in [0.25, 0.3) is 0 Å². The molecule has 3 aromatic carbocycles. The van der Waals surface area contributed by atoms with Crippen LogP contribution in [0.2, 0.25) is 0 Å². The molecule has 0 N–H and O–H groups in total. The molecule has 0 spiro atoms. The Morgan fingerprint density at radius 1 is 0.966 bits per heavy atom. The molecule has 1 aromatic heterocycles. The quantitative estimate of drug-likeness (QED) is 0.297. The van der Waals surface area contributed by atoms with Gasteiger partial charge in [0.2, 0.25) is 0 Å². The monoisotopic (exact) mass is 400 g/mol. The van der Waals surface area contributed by atoms with Crippen LogP contribution in [0.5, 0.6) is 0 Å². The minimum atomic E-state index is 0.676. The first kappa shape index (κ1) is 19.3. The van der Waals surface area contributed by atoms with E-state index in [4.69, 9.17) is 0 Å². The first-order valence-corrected chi connectivity index (χ1v) is 10.6. The molecular weight excluding hydrogens is 376 g/mol. The Labute approximate surface area is 175 Å². The lowest BCUT2D eigenvalue weighted by atomic mass is 10.1.